The molecule has 0 aliphatic heterocycles. The number of carbonyl (C=O) groups is 4. The van der Waals surface area contributed by atoms with Gasteiger partial charge in [0.1, 0.15) is 23.7 Å². The number of Topliss-reactive ketones (excluding diaryl/α,β-unsaturated/α-hetero) is 3. The summed E-state index contributed by atoms with van der Waals surface area (Å²) in [6.07, 6.45) is 32.7. The van der Waals surface area contributed by atoms with E-state index < -0.39 is 16.8 Å². The molecule has 12 aliphatic rings. The van der Waals surface area contributed by atoms with Crippen molar-refractivity contribution in [2.75, 3.05) is 33.8 Å². The van der Waals surface area contributed by atoms with E-state index in [9.17, 15) is 29.7 Å². The Kier molecular flexibility index (Phi) is 32.0. The van der Waals surface area contributed by atoms with Gasteiger partial charge in [0.05, 0.1) is 70.5 Å². The summed E-state index contributed by atoms with van der Waals surface area (Å²) in [6, 6.07) is 4.00. The first-order chi connectivity index (χ1) is 46.8. The number of ketones is 3. The van der Waals surface area contributed by atoms with E-state index in [1.54, 1.807) is 24.0 Å². The summed E-state index contributed by atoms with van der Waals surface area (Å²) in [7, 11) is 6.54. The zero-order valence-electron chi connectivity index (χ0n) is 65.2. The Morgan fingerprint density at radius 3 is 1.25 bits per heavy atom. The van der Waals surface area contributed by atoms with Crippen LogP contribution in [0.5, 0.6) is 0 Å². The minimum Gasteiger partial charge on any atom is -1.00 e. The van der Waals surface area contributed by atoms with E-state index in [0.29, 0.717) is 98.0 Å². The molecule has 2 aromatic rings. The van der Waals surface area contributed by atoms with Crippen LogP contribution in [-0.4, -0.2) is 133 Å². The quantitative estimate of drug-likeness (QED) is 0.0513. The van der Waals surface area contributed by atoms with Crippen LogP contribution in [0.3, 0.4) is 0 Å². The average Bonchev–Trinajstić information content (AvgIpc) is 1.37. The van der Waals surface area contributed by atoms with Gasteiger partial charge in [-0.3, -0.25) is 29.0 Å². The minimum atomic E-state index is -0.524. The Morgan fingerprint density at radius 1 is 0.598 bits per heavy atom. The van der Waals surface area contributed by atoms with Crippen molar-refractivity contribution in [2.24, 2.45) is 121 Å². The van der Waals surface area contributed by atoms with Gasteiger partial charge in [0.15, 0.2) is 5.78 Å². The number of halogens is 1. The van der Waals surface area contributed by atoms with Crippen LogP contribution >= 0.6 is 15.9 Å². The predicted molar refractivity (Wildman–Crippen MR) is 386 cm³/mol. The molecule has 0 bridgehead atoms. The van der Waals surface area contributed by atoms with Gasteiger partial charge in [0, 0.05) is 76.3 Å². The van der Waals surface area contributed by atoms with Crippen LogP contribution in [-0.2, 0) is 44.8 Å². The third-order valence-corrected chi connectivity index (χ3v) is 31.6. The van der Waals surface area contributed by atoms with Gasteiger partial charge in [-0.15, -0.1) is 0 Å². The van der Waals surface area contributed by atoms with Crippen molar-refractivity contribution in [1.29, 1.82) is 10.5 Å². The van der Waals surface area contributed by atoms with Gasteiger partial charge in [-0.2, -0.15) is 20.7 Å². The summed E-state index contributed by atoms with van der Waals surface area (Å²) in [4.78, 5) is 49.9. The summed E-state index contributed by atoms with van der Waals surface area (Å²) >= 11 is 3.43. The van der Waals surface area contributed by atoms with Crippen LogP contribution in [0.2, 0.25) is 0 Å². The monoisotopic (exact) mass is 1540 g/mol. The molecule has 2 heterocycles. The molecular formula is C80H129BrK2N6O13. The molecule has 566 valence electrons. The molecule has 27 atom stereocenters. The number of aliphatic hydroxyl groups excluding tert-OH is 1. The third kappa shape index (κ3) is 17.2. The number of hydrogen-bond donors (Lipinski definition) is 5. The largest absolute Gasteiger partial charge is 1.00 e. The summed E-state index contributed by atoms with van der Waals surface area (Å²) in [5.41, 5.74) is 0.340. The third-order valence-electron chi connectivity index (χ3n) is 31.1. The van der Waals surface area contributed by atoms with Crippen LogP contribution < -0.4 is 108 Å². The van der Waals surface area contributed by atoms with Crippen molar-refractivity contribution in [3.8, 4) is 12.1 Å². The number of methoxy groups -OCH3 is 3. The molecule has 12 aliphatic carbocycles. The number of aromatic nitrogens is 4. The zero-order valence-corrected chi connectivity index (χ0v) is 72.1. The molecule has 12 fully saturated rings. The zero-order chi connectivity index (χ0) is 72.6. The molecular weight excluding hydrogens is 1410 g/mol. The number of H-pyrrole nitrogens is 1. The van der Waals surface area contributed by atoms with Crippen LogP contribution in [0.25, 0.3) is 0 Å². The second-order valence-corrected chi connectivity index (χ2v) is 36.0. The van der Waals surface area contributed by atoms with E-state index >= 15 is 0 Å². The number of carbonyl (C=O) groups excluding carboxylic acids is 4. The molecule has 0 aromatic carbocycles. The van der Waals surface area contributed by atoms with Crippen molar-refractivity contribution in [3.05, 3.63) is 35.9 Å². The first kappa shape index (κ1) is 90.2. The molecule has 5 N–H and O–H groups in total. The van der Waals surface area contributed by atoms with E-state index in [2.05, 4.69) is 83.7 Å². The van der Waals surface area contributed by atoms with Crippen molar-refractivity contribution in [2.45, 2.75) is 272 Å². The van der Waals surface area contributed by atoms with Gasteiger partial charge in [0.25, 0.3) is 6.47 Å². The predicted octanol–water partition coefficient (Wildman–Crippen LogP) is 7.28. The van der Waals surface area contributed by atoms with E-state index in [-0.39, 0.29) is 190 Å². The number of nitrogens with one attached hydrogen (secondary N) is 1. The number of ether oxygens (including phenoxy) is 3. The minimum absolute atomic E-state index is 0. The fraction of sp³-hybridized carbons (Fsp3) is 0.850. The molecule has 2 aromatic heterocycles. The Hall–Kier alpha value is -0.687. The molecule has 12 saturated carbocycles. The number of hydrogen-bond acceptors (Lipinski definition) is 17. The number of aliphatic hydroxyl groups is 4. The summed E-state index contributed by atoms with van der Waals surface area (Å²) in [6.45, 7) is 22.5. The fourth-order valence-corrected chi connectivity index (χ4v) is 26.4. The standard InChI is InChI=1S/C27H39N3O3.C23H37BrO3.C23H38O3.C4H3N3.CH2O3.CH4O.CH4.2K.H2.H/c1-25(32)9-10-26(2)18(12-25)5-6-19-20-7-8-21(27(20,3)24(33-4)11-22(19)26)23(31)16-30-15-17(13-28)14-29-30;1-21(26)9-10-22(2)14(12-21)5-6-15-16-7-8-17(19(25)13-24)23(16,3)20(27-4)11-18(15)22;1-14(24)17-8-9-18-16-7-6-15-13-21(2,25)10-11-22(15,3)19(16)12-20(26-5)23(17,18)4;5-1-4-2-6-7-3-4;2-1-4-3;1-2;;;;;/h14-15,18-22,24,32H,5-12,16H2,1-4H3;14-18,20,26H,5-13H2,1-4H3;15-20,25H,6-13H2,1-5H3;2-3H,(H,6,7);1,3H;2H,1H3;1H4;;;1H;/q;;;;;;;2*+1;;-1/p-1/t18-,19-,20-,21+,22-,24+,25+,26-,27-;14-,15-,16-,17+,18-,20+,21+,22-,23-;15-,16-,17+,18-,19-,20+,21+,22-,23+;;;;;;;;/m000......../s1/i;;;;;;;;;1+2;. The van der Waals surface area contributed by atoms with Crippen molar-refractivity contribution in [3.63, 3.8) is 0 Å². The second kappa shape index (κ2) is 36.2. The Morgan fingerprint density at radius 2 is 0.951 bits per heavy atom. The van der Waals surface area contributed by atoms with Crippen LogP contribution in [0.15, 0.2) is 24.8 Å². The number of alkyl halides is 1. The normalized spacial score (nSPS) is 44.8. The summed E-state index contributed by atoms with van der Waals surface area (Å²) < 4.78 is 20.1. The van der Waals surface area contributed by atoms with Crippen LogP contribution in [0, 0.1) is 144 Å². The van der Waals surface area contributed by atoms with E-state index in [1.165, 1.54) is 63.8 Å². The maximum atomic E-state index is 13.5. The van der Waals surface area contributed by atoms with Crippen LogP contribution in [0.4, 0.5) is 0 Å². The van der Waals surface area contributed by atoms with Crippen molar-refractivity contribution < 1.29 is 170 Å². The Labute approximate surface area is 707 Å². The molecule has 0 unspecified atom stereocenters. The second-order valence-electron chi connectivity index (χ2n) is 35.4. The number of nitriles is 2. The number of nitrogens with zero attached hydrogens (tertiary/aromatic N) is 5. The maximum Gasteiger partial charge on any atom is 1.00 e. The smallest absolute Gasteiger partial charge is 1.00 e. The SMILES string of the molecule is C.CO.CO[C@@H]1C[C@H]2[C@@H](CC[C@H]3C[C@](C)(O)CC[C@@]32C)[C@@H]2CC[C@H](C(=O)CBr)[C@@]12C.CO[C@@H]1C[C@H]2[C@@H](CC[C@H]3C[C@](C)(O)CC[C@@]32C)[C@@H]2CC[C@H](C(=O)Cn3cc(C#N)cn3)[C@@]12C.CO[C@@H]1C[C@H]2[C@@H](CC[C@H]3C[C@](C)(O)CC[C@@]32C)[C@@H]2CC[C@H](C(C)=O)[C@@]12C.N#Cc1cn[nH]c1.O=CO[O-].[3HH].[H-].[K+].[K+]. The average molecular weight is 1540 g/mol. The van der Waals surface area contributed by atoms with Crippen molar-refractivity contribution in [1.82, 2.24) is 20.0 Å². The fourth-order valence-electron chi connectivity index (χ4n) is 26.1. The van der Waals surface area contributed by atoms with Crippen molar-refractivity contribution >= 4 is 39.8 Å². The number of rotatable bonds is 10. The molecule has 19 nitrogen and oxygen atoms in total. The van der Waals surface area contributed by atoms with Crippen LogP contribution in [0.1, 0.15) is 245 Å². The van der Waals surface area contributed by atoms with Gasteiger partial charge in [-0.25, -0.2) is 0 Å². The molecule has 14 rings (SSSR count). The van der Waals surface area contributed by atoms with Gasteiger partial charge >= 0.3 is 103 Å². The van der Waals surface area contributed by atoms with Gasteiger partial charge < -0.3 is 46.2 Å². The summed E-state index contributed by atoms with van der Waals surface area (Å²) in [5, 5.41) is 75.4. The summed E-state index contributed by atoms with van der Waals surface area (Å²) in [5.74, 6) is 8.90. The van der Waals surface area contributed by atoms with E-state index in [1.807, 2.05) is 48.2 Å². The van der Waals surface area contributed by atoms with Gasteiger partial charge in [-0.05, 0) is 269 Å². The molecule has 0 saturated heterocycles. The maximum absolute atomic E-state index is 13.5. The molecule has 0 amide bonds. The number of aromatic amines is 1. The van der Waals surface area contributed by atoms with E-state index in [4.69, 9.17) is 39.9 Å². The molecule has 102 heavy (non-hydrogen) atoms. The molecule has 22 heteroatoms. The van der Waals surface area contributed by atoms with E-state index in [0.717, 1.165) is 122 Å². The Bertz CT molecular complexity index is 3210. The molecule has 0 spiro atoms. The van der Waals surface area contributed by atoms with Gasteiger partial charge in [0.2, 0.25) is 0 Å². The topological polar surface area (TPSA) is 303 Å². The molecule has 0 radical (unpaired) electrons. The van der Waals surface area contributed by atoms with Gasteiger partial charge in [-0.1, -0.05) is 64.9 Å². The Balaban J connectivity index is 0.000000298. The first-order valence-corrected chi connectivity index (χ1v) is 38.8. The first-order valence-electron chi connectivity index (χ1n) is 37.6. The number of fused-ring (bicyclic) bond motifs is 15.